The maximum atomic E-state index is 15.4. The predicted octanol–water partition coefficient (Wildman–Crippen LogP) is 2.34. The minimum atomic E-state index is -4.62. The molecule has 2 heterocycles. The van der Waals surface area contributed by atoms with Gasteiger partial charge in [0, 0.05) is 17.2 Å². The third-order valence-electron chi connectivity index (χ3n) is 7.04. The standard InChI is InChI=1S/C29H33FN7O10P/c1-18(26(40)44-15-20-9-5-3-6-10-20)33-48(43,34-19(2)27(41)45-16-21-11-7-4-8-12-21)46-17-29(35-36-31)24(39)23(30)25(47-29)37-14-13-22(38)32-28(37)42/h3-14,18-19,23-25,39H,15-17H2,1-2H3,(H,32,38,42)(H2,33,34,43)/t18-,19-,23+,24-,25+,29+/m0/s1. The Morgan fingerprint density at radius 2 is 1.56 bits per heavy atom. The molecule has 256 valence electrons. The Morgan fingerprint density at radius 3 is 2.04 bits per heavy atom. The quantitative estimate of drug-likeness (QED) is 0.0592. The number of carbonyl (C=O) groups excluding carboxylic acids is 2. The van der Waals surface area contributed by atoms with Crippen molar-refractivity contribution in [2.45, 2.75) is 63.4 Å². The molecule has 0 amide bonds. The second-order valence-electron chi connectivity index (χ2n) is 10.7. The number of carbonyl (C=O) groups is 2. The number of esters is 2. The number of aliphatic hydroxyl groups is 1. The smallest absolute Gasteiger partial charge is 0.342 e. The largest absolute Gasteiger partial charge is 0.460 e. The van der Waals surface area contributed by atoms with E-state index in [0.29, 0.717) is 15.7 Å². The average Bonchev–Trinajstić information content (AvgIpc) is 3.31. The van der Waals surface area contributed by atoms with E-state index in [1.807, 2.05) is 4.98 Å². The number of alkyl halides is 1. The molecule has 3 aromatic rings. The minimum Gasteiger partial charge on any atom is -0.460 e. The second-order valence-corrected chi connectivity index (χ2v) is 12.5. The molecule has 0 radical (unpaired) electrons. The van der Waals surface area contributed by atoms with Crippen LogP contribution in [0.1, 0.15) is 31.2 Å². The number of rotatable bonds is 15. The van der Waals surface area contributed by atoms with Crippen LogP contribution in [0.4, 0.5) is 4.39 Å². The fourth-order valence-electron chi connectivity index (χ4n) is 4.51. The minimum absolute atomic E-state index is 0.115. The van der Waals surface area contributed by atoms with Gasteiger partial charge < -0.3 is 23.8 Å². The van der Waals surface area contributed by atoms with E-state index in [0.717, 1.165) is 12.3 Å². The first kappa shape index (κ1) is 36.2. The van der Waals surface area contributed by atoms with Crippen molar-refractivity contribution >= 4 is 19.6 Å². The van der Waals surface area contributed by atoms with Gasteiger partial charge in [-0.1, -0.05) is 65.8 Å². The highest BCUT2D eigenvalue weighted by atomic mass is 31.2. The number of hydrogen-bond acceptors (Lipinski definition) is 11. The van der Waals surface area contributed by atoms with E-state index in [2.05, 4.69) is 20.2 Å². The summed E-state index contributed by atoms with van der Waals surface area (Å²) in [6.07, 6.45) is -5.72. The van der Waals surface area contributed by atoms with Gasteiger partial charge in [-0.25, -0.2) is 19.4 Å². The highest BCUT2D eigenvalue weighted by Gasteiger charge is 2.57. The number of ether oxygens (including phenoxy) is 3. The molecule has 0 aliphatic carbocycles. The maximum absolute atomic E-state index is 15.4. The lowest BCUT2D eigenvalue weighted by atomic mass is 10.1. The molecule has 1 saturated heterocycles. The third kappa shape index (κ3) is 9.02. The molecule has 0 spiro atoms. The van der Waals surface area contributed by atoms with Gasteiger partial charge in [-0.2, -0.15) is 0 Å². The van der Waals surface area contributed by atoms with Gasteiger partial charge in [0.2, 0.25) is 5.72 Å². The summed E-state index contributed by atoms with van der Waals surface area (Å²) in [5.41, 5.74) is 6.10. The number of halogens is 1. The van der Waals surface area contributed by atoms with E-state index in [1.165, 1.54) is 13.8 Å². The first-order chi connectivity index (χ1) is 22.9. The SMILES string of the molecule is C[C@H](NP(=O)(N[C@@H](C)C(=O)OCc1ccccc1)OC[C@@]1(N=[N+]=[N-])O[C@@H](n2ccc(=O)[nH]c2=O)[C@H](F)[C@@H]1O)C(=O)OCc1ccccc1. The molecule has 4 N–H and O–H groups in total. The second kappa shape index (κ2) is 16.0. The molecule has 0 unspecified atom stereocenters. The number of hydrogen-bond donors (Lipinski definition) is 4. The number of nitrogens with one attached hydrogen (secondary N) is 3. The molecular formula is C29H33FN7O10P. The van der Waals surface area contributed by atoms with Gasteiger partial charge >= 0.3 is 25.3 Å². The van der Waals surface area contributed by atoms with Crippen LogP contribution in [0.3, 0.4) is 0 Å². The van der Waals surface area contributed by atoms with Gasteiger partial charge in [-0.05, 0) is 30.5 Å². The summed E-state index contributed by atoms with van der Waals surface area (Å²) >= 11 is 0. The predicted molar refractivity (Wildman–Crippen MR) is 165 cm³/mol. The van der Waals surface area contributed by atoms with Crippen molar-refractivity contribution in [3.8, 4) is 0 Å². The fraction of sp³-hybridized carbons (Fsp3) is 0.379. The molecule has 17 nitrogen and oxygen atoms in total. The summed E-state index contributed by atoms with van der Waals surface area (Å²) < 4.78 is 51.8. The van der Waals surface area contributed by atoms with Gasteiger partial charge in [0.05, 0.1) is 6.61 Å². The summed E-state index contributed by atoms with van der Waals surface area (Å²) in [4.78, 5) is 54.0. The Morgan fingerprint density at radius 1 is 1.04 bits per heavy atom. The number of H-pyrrole nitrogens is 1. The van der Waals surface area contributed by atoms with E-state index in [4.69, 9.17) is 18.7 Å². The van der Waals surface area contributed by atoms with Crippen LogP contribution >= 0.6 is 7.67 Å². The molecule has 1 aliphatic heterocycles. The van der Waals surface area contributed by atoms with Crippen molar-refractivity contribution in [3.63, 3.8) is 0 Å². The molecular weight excluding hydrogens is 656 g/mol. The summed E-state index contributed by atoms with van der Waals surface area (Å²) in [6, 6.07) is 15.6. The number of azide groups is 1. The summed E-state index contributed by atoms with van der Waals surface area (Å²) in [7, 11) is -4.62. The van der Waals surface area contributed by atoms with E-state index in [1.54, 1.807) is 60.7 Å². The highest BCUT2D eigenvalue weighted by molar-refractivity contribution is 7.54. The zero-order chi connectivity index (χ0) is 34.9. The van der Waals surface area contributed by atoms with Crippen molar-refractivity contribution in [2.75, 3.05) is 6.61 Å². The molecule has 1 aliphatic rings. The Labute approximate surface area is 272 Å². The molecule has 1 fully saturated rings. The lowest BCUT2D eigenvalue weighted by Crippen LogP contribution is -2.47. The van der Waals surface area contributed by atoms with Crippen molar-refractivity contribution in [1.29, 1.82) is 0 Å². The average molecular weight is 690 g/mol. The first-order valence-corrected chi connectivity index (χ1v) is 16.1. The first-order valence-electron chi connectivity index (χ1n) is 14.5. The lowest BCUT2D eigenvalue weighted by Gasteiger charge is -2.31. The Kier molecular flexibility index (Phi) is 12.0. The van der Waals surface area contributed by atoms with Crippen LogP contribution in [0, 0.1) is 0 Å². The Bertz CT molecular complexity index is 1720. The highest BCUT2D eigenvalue weighted by Crippen LogP contribution is 2.45. The molecule has 19 heteroatoms. The van der Waals surface area contributed by atoms with Crippen LogP contribution in [0.5, 0.6) is 0 Å². The zero-order valence-corrected chi connectivity index (χ0v) is 26.6. The molecule has 6 atom stereocenters. The monoisotopic (exact) mass is 689 g/mol. The fourth-order valence-corrected chi connectivity index (χ4v) is 6.33. The summed E-state index contributed by atoms with van der Waals surface area (Å²) in [5.74, 6) is -1.74. The van der Waals surface area contributed by atoms with Crippen LogP contribution in [0.2, 0.25) is 0 Å². The van der Waals surface area contributed by atoms with Gasteiger partial charge in [0.25, 0.3) is 5.56 Å². The van der Waals surface area contributed by atoms with E-state index >= 15 is 4.39 Å². The van der Waals surface area contributed by atoms with Crippen molar-refractivity contribution in [3.05, 3.63) is 115 Å². The van der Waals surface area contributed by atoms with Crippen molar-refractivity contribution in [1.82, 2.24) is 19.7 Å². The molecule has 0 bridgehead atoms. The van der Waals surface area contributed by atoms with Gasteiger partial charge in [-0.3, -0.25) is 28.5 Å². The van der Waals surface area contributed by atoms with Crippen LogP contribution in [-0.4, -0.2) is 63.3 Å². The Hall–Kier alpha value is -4.67. The molecule has 1 aromatic heterocycles. The number of aliphatic hydroxyl groups excluding tert-OH is 1. The number of aromatic nitrogens is 2. The normalized spacial score (nSPS) is 21.9. The number of aromatic amines is 1. The number of benzene rings is 2. The van der Waals surface area contributed by atoms with Crippen LogP contribution in [0.25, 0.3) is 10.4 Å². The molecule has 2 aromatic carbocycles. The zero-order valence-electron chi connectivity index (χ0n) is 25.7. The van der Waals surface area contributed by atoms with E-state index in [-0.39, 0.29) is 13.2 Å². The van der Waals surface area contributed by atoms with Crippen LogP contribution < -0.4 is 21.4 Å². The maximum Gasteiger partial charge on any atom is 0.342 e. The van der Waals surface area contributed by atoms with Crippen molar-refractivity contribution < 1.29 is 42.4 Å². The van der Waals surface area contributed by atoms with Crippen molar-refractivity contribution in [2.24, 2.45) is 5.11 Å². The lowest BCUT2D eigenvalue weighted by molar-refractivity contribution is -0.147. The molecule has 0 saturated carbocycles. The van der Waals surface area contributed by atoms with Gasteiger partial charge in [0.15, 0.2) is 12.4 Å². The molecule has 48 heavy (non-hydrogen) atoms. The summed E-state index contributed by atoms with van der Waals surface area (Å²) in [6.45, 7) is 1.24. The summed E-state index contributed by atoms with van der Waals surface area (Å²) in [5, 5.41) is 19.0. The third-order valence-corrected chi connectivity index (χ3v) is 8.98. The van der Waals surface area contributed by atoms with Crippen LogP contribution in [-0.2, 0) is 46.1 Å². The van der Waals surface area contributed by atoms with Crippen LogP contribution in [0.15, 0.2) is 87.6 Å². The van der Waals surface area contributed by atoms with Gasteiger partial charge in [-0.15, -0.1) is 0 Å². The van der Waals surface area contributed by atoms with E-state index in [9.17, 15) is 34.4 Å². The Balaban J connectivity index is 1.54. The molecule has 4 rings (SSSR count). The van der Waals surface area contributed by atoms with E-state index < -0.39 is 73.8 Å². The van der Waals surface area contributed by atoms with Gasteiger partial charge in [0.1, 0.15) is 31.4 Å². The topological polar surface area (TPSA) is 236 Å². The number of nitrogens with zero attached hydrogens (tertiary/aromatic N) is 4.